The lowest BCUT2D eigenvalue weighted by Crippen LogP contribution is -2.43. The van der Waals surface area contributed by atoms with Crippen molar-refractivity contribution in [3.05, 3.63) is 48.0 Å². The van der Waals surface area contributed by atoms with Crippen molar-refractivity contribution in [3.8, 4) is 11.3 Å². The molecule has 1 N–H and O–H groups in total. The third-order valence-electron chi connectivity index (χ3n) is 4.43. The number of fused-ring (bicyclic) bond motifs is 1. The summed E-state index contributed by atoms with van der Waals surface area (Å²) in [4.78, 5) is 19.0. The number of sulfone groups is 1. The maximum Gasteiger partial charge on any atom is 0.254 e. The molecule has 7 nitrogen and oxygen atoms in total. The van der Waals surface area contributed by atoms with Crippen LogP contribution in [-0.2, 0) is 9.84 Å². The smallest absolute Gasteiger partial charge is 0.254 e. The number of carbonyl (C=O) groups excluding carboxylic acids is 1. The van der Waals surface area contributed by atoms with Crippen molar-refractivity contribution in [2.75, 3.05) is 24.6 Å². The normalized spacial score (nSPS) is 16.7. The van der Waals surface area contributed by atoms with E-state index in [9.17, 15) is 17.6 Å². The third kappa shape index (κ3) is 3.05. The van der Waals surface area contributed by atoms with Crippen LogP contribution in [0.3, 0.4) is 0 Å². The number of rotatable bonds is 2. The van der Waals surface area contributed by atoms with Crippen LogP contribution in [0.2, 0.25) is 0 Å². The van der Waals surface area contributed by atoms with E-state index >= 15 is 0 Å². The minimum Gasteiger partial charge on any atom is -0.337 e. The van der Waals surface area contributed by atoms with Crippen LogP contribution in [0, 0.1) is 5.82 Å². The third-order valence-corrected chi connectivity index (χ3v) is 6.04. The molecule has 3 heterocycles. The Labute approximate surface area is 148 Å². The summed E-state index contributed by atoms with van der Waals surface area (Å²) >= 11 is 0. The van der Waals surface area contributed by atoms with Gasteiger partial charge in [-0.3, -0.25) is 9.89 Å². The van der Waals surface area contributed by atoms with Crippen LogP contribution in [0.4, 0.5) is 4.39 Å². The first-order chi connectivity index (χ1) is 12.4. The van der Waals surface area contributed by atoms with Gasteiger partial charge in [-0.05, 0) is 18.2 Å². The summed E-state index contributed by atoms with van der Waals surface area (Å²) < 4.78 is 36.9. The van der Waals surface area contributed by atoms with Gasteiger partial charge in [0.1, 0.15) is 5.82 Å². The first kappa shape index (κ1) is 16.6. The van der Waals surface area contributed by atoms with Gasteiger partial charge in [0.25, 0.3) is 5.91 Å². The molecule has 9 heteroatoms. The Morgan fingerprint density at radius 1 is 1.19 bits per heavy atom. The maximum absolute atomic E-state index is 13.7. The molecule has 2 aromatic heterocycles. The number of aromatic nitrogens is 3. The number of nitrogens with one attached hydrogen (secondary N) is 1. The fourth-order valence-electron chi connectivity index (χ4n) is 3.00. The molecule has 1 aliphatic heterocycles. The van der Waals surface area contributed by atoms with E-state index in [1.165, 1.54) is 23.1 Å². The quantitative estimate of drug-likeness (QED) is 0.736. The molecule has 0 atom stereocenters. The van der Waals surface area contributed by atoms with Crippen LogP contribution in [0.25, 0.3) is 22.2 Å². The van der Waals surface area contributed by atoms with Crippen LogP contribution in [0.5, 0.6) is 0 Å². The van der Waals surface area contributed by atoms with Crippen molar-refractivity contribution in [2.45, 2.75) is 0 Å². The summed E-state index contributed by atoms with van der Waals surface area (Å²) in [6, 6.07) is 5.70. The summed E-state index contributed by atoms with van der Waals surface area (Å²) in [5.74, 6) is -0.837. The van der Waals surface area contributed by atoms with Crippen LogP contribution >= 0.6 is 0 Å². The van der Waals surface area contributed by atoms with E-state index in [1.54, 1.807) is 18.5 Å². The zero-order valence-corrected chi connectivity index (χ0v) is 14.5. The summed E-state index contributed by atoms with van der Waals surface area (Å²) in [6.07, 6.45) is 3.20. The van der Waals surface area contributed by atoms with Crippen molar-refractivity contribution in [3.63, 3.8) is 0 Å². The number of H-pyrrole nitrogens is 1. The molecule has 0 bridgehead atoms. The van der Waals surface area contributed by atoms with Gasteiger partial charge in [0.15, 0.2) is 9.84 Å². The molecule has 0 aliphatic carbocycles. The molecule has 1 aliphatic rings. The molecule has 3 aromatic rings. The maximum atomic E-state index is 13.7. The summed E-state index contributed by atoms with van der Waals surface area (Å²) in [6.45, 7) is 0.292. The second-order valence-electron chi connectivity index (χ2n) is 6.15. The van der Waals surface area contributed by atoms with Crippen molar-refractivity contribution in [1.29, 1.82) is 0 Å². The topological polar surface area (TPSA) is 96.0 Å². The van der Waals surface area contributed by atoms with Gasteiger partial charge in [0, 0.05) is 36.3 Å². The minimum atomic E-state index is -3.09. The summed E-state index contributed by atoms with van der Waals surface area (Å²) in [7, 11) is -3.09. The van der Waals surface area contributed by atoms with E-state index in [0.717, 1.165) is 0 Å². The number of hydrogen-bond acceptors (Lipinski definition) is 5. The highest BCUT2D eigenvalue weighted by molar-refractivity contribution is 7.91. The molecule has 1 amide bonds. The average molecular weight is 374 g/mol. The first-order valence-corrected chi connectivity index (χ1v) is 9.84. The van der Waals surface area contributed by atoms with Gasteiger partial charge < -0.3 is 4.90 Å². The standard InChI is InChI=1S/C17H15FN4O3S/c18-12-1-2-13-14(17(23)22-3-5-26(24,25)6-4-22)8-15(21-16(13)7-12)11-9-19-20-10-11/h1-2,7-10H,3-6H2,(H,19,20). The van der Waals surface area contributed by atoms with Crippen LogP contribution in [0.15, 0.2) is 36.7 Å². The van der Waals surface area contributed by atoms with Crippen LogP contribution < -0.4 is 0 Å². The molecule has 0 spiro atoms. The molecule has 1 fully saturated rings. The van der Waals surface area contributed by atoms with E-state index in [0.29, 0.717) is 27.7 Å². The Bertz CT molecular complexity index is 1080. The predicted molar refractivity (Wildman–Crippen MR) is 93.8 cm³/mol. The van der Waals surface area contributed by atoms with Crippen LogP contribution in [0.1, 0.15) is 10.4 Å². The monoisotopic (exact) mass is 374 g/mol. The SMILES string of the molecule is O=C(c1cc(-c2cn[nH]c2)nc2cc(F)ccc12)N1CCS(=O)(=O)CC1. The zero-order valence-electron chi connectivity index (χ0n) is 13.6. The highest BCUT2D eigenvalue weighted by Crippen LogP contribution is 2.26. The molecular formula is C17H15FN4O3S. The molecule has 26 heavy (non-hydrogen) atoms. The predicted octanol–water partition coefficient (Wildman–Crippen LogP) is 1.63. The van der Waals surface area contributed by atoms with Crippen molar-refractivity contribution in [1.82, 2.24) is 20.1 Å². The summed E-state index contributed by atoms with van der Waals surface area (Å²) in [5, 5.41) is 7.08. The number of benzene rings is 1. The highest BCUT2D eigenvalue weighted by Gasteiger charge is 2.27. The Balaban J connectivity index is 1.81. The van der Waals surface area contributed by atoms with E-state index < -0.39 is 15.7 Å². The van der Waals surface area contributed by atoms with Crippen molar-refractivity contribution in [2.24, 2.45) is 0 Å². The Morgan fingerprint density at radius 3 is 2.65 bits per heavy atom. The minimum absolute atomic E-state index is 0.0506. The highest BCUT2D eigenvalue weighted by atomic mass is 32.2. The van der Waals surface area contributed by atoms with Crippen LogP contribution in [-0.4, -0.2) is 59.0 Å². The molecule has 1 saturated heterocycles. The van der Waals surface area contributed by atoms with Gasteiger partial charge in [0.2, 0.25) is 0 Å². The fraction of sp³-hybridized carbons (Fsp3) is 0.235. The number of nitrogens with zero attached hydrogens (tertiary/aromatic N) is 3. The van der Waals surface area contributed by atoms with E-state index in [4.69, 9.17) is 0 Å². The lowest BCUT2D eigenvalue weighted by atomic mass is 10.0. The molecule has 0 unspecified atom stereocenters. The fourth-order valence-corrected chi connectivity index (χ4v) is 4.20. The lowest BCUT2D eigenvalue weighted by molar-refractivity contribution is 0.0772. The van der Waals surface area contributed by atoms with Gasteiger partial charge >= 0.3 is 0 Å². The van der Waals surface area contributed by atoms with Gasteiger partial charge in [-0.25, -0.2) is 17.8 Å². The Morgan fingerprint density at radius 2 is 1.96 bits per heavy atom. The molecule has 0 radical (unpaired) electrons. The van der Waals surface area contributed by atoms with Gasteiger partial charge in [0.05, 0.1) is 34.5 Å². The van der Waals surface area contributed by atoms with Gasteiger partial charge in [-0.2, -0.15) is 5.10 Å². The van der Waals surface area contributed by atoms with Gasteiger partial charge in [-0.15, -0.1) is 0 Å². The first-order valence-electron chi connectivity index (χ1n) is 8.02. The molecule has 1 aromatic carbocycles. The number of amides is 1. The largest absolute Gasteiger partial charge is 0.337 e. The lowest BCUT2D eigenvalue weighted by Gasteiger charge is -2.27. The van der Waals surface area contributed by atoms with E-state index in [1.807, 2.05) is 0 Å². The number of carbonyl (C=O) groups is 1. The van der Waals surface area contributed by atoms with Gasteiger partial charge in [-0.1, -0.05) is 0 Å². The Kier molecular flexibility index (Phi) is 3.95. The number of aromatic amines is 1. The average Bonchev–Trinajstić information content (AvgIpc) is 3.14. The second-order valence-corrected chi connectivity index (χ2v) is 8.45. The van der Waals surface area contributed by atoms with E-state index in [-0.39, 0.29) is 30.5 Å². The Hall–Kier alpha value is -2.81. The molecule has 134 valence electrons. The molecule has 4 rings (SSSR count). The number of pyridine rings is 1. The molecular weight excluding hydrogens is 359 g/mol. The van der Waals surface area contributed by atoms with Crippen molar-refractivity contribution >= 4 is 26.6 Å². The number of hydrogen-bond donors (Lipinski definition) is 1. The zero-order chi connectivity index (χ0) is 18.3. The van der Waals surface area contributed by atoms with E-state index in [2.05, 4.69) is 15.2 Å². The number of halogens is 1. The van der Waals surface area contributed by atoms with Crippen molar-refractivity contribution < 1.29 is 17.6 Å². The molecule has 0 saturated carbocycles. The summed E-state index contributed by atoms with van der Waals surface area (Å²) in [5.41, 5.74) is 1.89. The second kappa shape index (κ2) is 6.17.